The van der Waals surface area contributed by atoms with Crippen LogP contribution in [0, 0.1) is 5.92 Å². The molecule has 1 heterocycles. The Labute approximate surface area is 105 Å². The second-order valence-electron chi connectivity index (χ2n) is 4.58. The highest BCUT2D eigenvalue weighted by molar-refractivity contribution is 7.10. The quantitative estimate of drug-likeness (QED) is 0.608. The van der Waals surface area contributed by atoms with Crippen LogP contribution in [0.3, 0.4) is 0 Å². The lowest BCUT2D eigenvalue weighted by molar-refractivity contribution is 0.101. The van der Waals surface area contributed by atoms with Gasteiger partial charge >= 0.3 is 0 Å². The maximum atomic E-state index is 11.4. The molecule has 0 saturated heterocycles. The van der Waals surface area contributed by atoms with Gasteiger partial charge < -0.3 is 0 Å². The SMILES string of the molecule is CC1CCC(c2nc(C(=O)CCl)cs2)CC1. The summed E-state index contributed by atoms with van der Waals surface area (Å²) in [6, 6.07) is 0. The Morgan fingerprint density at radius 1 is 1.50 bits per heavy atom. The first-order chi connectivity index (χ1) is 7.70. The summed E-state index contributed by atoms with van der Waals surface area (Å²) < 4.78 is 0. The van der Waals surface area contributed by atoms with E-state index in [1.807, 2.05) is 5.38 Å². The van der Waals surface area contributed by atoms with E-state index in [1.54, 1.807) is 11.3 Å². The number of nitrogens with zero attached hydrogens (tertiary/aromatic N) is 1. The third-order valence-corrected chi connectivity index (χ3v) is 4.54. The highest BCUT2D eigenvalue weighted by Gasteiger charge is 2.22. The van der Waals surface area contributed by atoms with Crippen LogP contribution < -0.4 is 0 Å². The zero-order valence-electron chi connectivity index (χ0n) is 9.41. The Hall–Kier alpha value is -0.410. The van der Waals surface area contributed by atoms with Gasteiger partial charge in [-0.05, 0) is 18.8 Å². The summed E-state index contributed by atoms with van der Waals surface area (Å²) in [5, 5.41) is 2.97. The molecule has 0 aromatic carbocycles. The Morgan fingerprint density at radius 2 is 2.19 bits per heavy atom. The van der Waals surface area contributed by atoms with Gasteiger partial charge in [0.2, 0.25) is 0 Å². The van der Waals surface area contributed by atoms with Crippen LogP contribution in [0.1, 0.15) is 54.0 Å². The van der Waals surface area contributed by atoms with Crippen molar-refractivity contribution in [1.29, 1.82) is 0 Å². The molecule has 0 amide bonds. The molecule has 1 fully saturated rings. The molecular formula is C12H16ClNOS. The number of Topliss-reactive ketones (excluding diaryl/α,β-unsaturated/α-hetero) is 1. The van der Waals surface area contributed by atoms with Crippen molar-refractivity contribution in [2.45, 2.75) is 38.5 Å². The van der Waals surface area contributed by atoms with Crippen LogP contribution >= 0.6 is 22.9 Å². The molecule has 0 atom stereocenters. The lowest BCUT2D eigenvalue weighted by Crippen LogP contribution is -2.11. The summed E-state index contributed by atoms with van der Waals surface area (Å²) in [7, 11) is 0. The predicted molar refractivity (Wildman–Crippen MR) is 67.5 cm³/mol. The van der Waals surface area contributed by atoms with Gasteiger partial charge in [-0.25, -0.2) is 4.98 Å². The van der Waals surface area contributed by atoms with Crippen molar-refractivity contribution in [3.05, 3.63) is 16.1 Å². The molecule has 1 aromatic rings. The van der Waals surface area contributed by atoms with Crippen molar-refractivity contribution in [1.82, 2.24) is 4.98 Å². The van der Waals surface area contributed by atoms with Gasteiger partial charge in [-0.15, -0.1) is 22.9 Å². The average molecular weight is 258 g/mol. The molecule has 0 N–H and O–H groups in total. The molecule has 1 aliphatic rings. The average Bonchev–Trinajstić information content (AvgIpc) is 2.78. The minimum absolute atomic E-state index is 0.0326. The number of aromatic nitrogens is 1. The molecule has 16 heavy (non-hydrogen) atoms. The lowest BCUT2D eigenvalue weighted by atomic mass is 9.83. The Balaban J connectivity index is 2.04. The molecule has 1 aromatic heterocycles. The van der Waals surface area contributed by atoms with Crippen LogP contribution in [0.5, 0.6) is 0 Å². The summed E-state index contributed by atoms with van der Waals surface area (Å²) in [5.41, 5.74) is 0.550. The number of halogens is 1. The van der Waals surface area contributed by atoms with E-state index >= 15 is 0 Å². The van der Waals surface area contributed by atoms with E-state index in [2.05, 4.69) is 11.9 Å². The summed E-state index contributed by atoms with van der Waals surface area (Å²) in [6.45, 7) is 2.31. The van der Waals surface area contributed by atoms with Crippen LogP contribution in [0.15, 0.2) is 5.38 Å². The van der Waals surface area contributed by atoms with Crippen molar-refractivity contribution in [2.75, 3.05) is 5.88 Å². The molecule has 0 spiro atoms. The van der Waals surface area contributed by atoms with Crippen molar-refractivity contribution < 1.29 is 4.79 Å². The molecular weight excluding hydrogens is 242 g/mol. The fourth-order valence-electron chi connectivity index (χ4n) is 2.18. The maximum absolute atomic E-state index is 11.4. The lowest BCUT2D eigenvalue weighted by Gasteiger charge is -2.24. The van der Waals surface area contributed by atoms with Crippen molar-refractivity contribution >= 4 is 28.7 Å². The van der Waals surface area contributed by atoms with Gasteiger partial charge in [0.15, 0.2) is 5.78 Å². The first-order valence-corrected chi connectivity index (χ1v) is 7.16. The standard InChI is InChI=1S/C12H16ClNOS/c1-8-2-4-9(5-3-8)12-14-10(7-16-12)11(15)6-13/h7-9H,2-6H2,1H3. The van der Waals surface area contributed by atoms with Gasteiger partial charge in [0, 0.05) is 11.3 Å². The largest absolute Gasteiger partial charge is 0.291 e. The molecule has 2 rings (SSSR count). The van der Waals surface area contributed by atoms with Crippen LogP contribution in [-0.4, -0.2) is 16.6 Å². The zero-order valence-corrected chi connectivity index (χ0v) is 11.0. The molecule has 1 saturated carbocycles. The second-order valence-corrected chi connectivity index (χ2v) is 5.74. The van der Waals surface area contributed by atoms with Gasteiger partial charge in [-0.2, -0.15) is 0 Å². The van der Waals surface area contributed by atoms with Crippen molar-refractivity contribution in [3.63, 3.8) is 0 Å². The Morgan fingerprint density at radius 3 is 2.81 bits per heavy atom. The first kappa shape index (κ1) is 12.1. The van der Waals surface area contributed by atoms with E-state index < -0.39 is 0 Å². The number of rotatable bonds is 3. The van der Waals surface area contributed by atoms with E-state index in [-0.39, 0.29) is 11.7 Å². The van der Waals surface area contributed by atoms with E-state index in [4.69, 9.17) is 11.6 Å². The minimum Gasteiger partial charge on any atom is -0.291 e. The molecule has 0 aliphatic heterocycles. The maximum Gasteiger partial charge on any atom is 0.196 e. The highest BCUT2D eigenvalue weighted by atomic mass is 35.5. The van der Waals surface area contributed by atoms with E-state index in [9.17, 15) is 4.79 Å². The van der Waals surface area contributed by atoms with Gasteiger partial charge in [0.25, 0.3) is 0 Å². The topological polar surface area (TPSA) is 30.0 Å². The number of hydrogen-bond donors (Lipinski definition) is 0. The zero-order chi connectivity index (χ0) is 11.5. The van der Waals surface area contributed by atoms with Crippen LogP contribution in [0.4, 0.5) is 0 Å². The Bertz CT molecular complexity index is 369. The summed E-state index contributed by atoms with van der Waals surface area (Å²) >= 11 is 7.13. The smallest absolute Gasteiger partial charge is 0.196 e. The van der Waals surface area contributed by atoms with Gasteiger partial charge in [0.1, 0.15) is 5.69 Å². The van der Waals surface area contributed by atoms with Crippen LogP contribution in [-0.2, 0) is 0 Å². The number of carbonyl (C=O) groups is 1. The van der Waals surface area contributed by atoms with Crippen molar-refractivity contribution in [3.8, 4) is 0 Å². The molecule has 2 nitrogen and oxygen atoms in total. The van der Waals surface area contributed by atoms with E-state index in [0.717, 1.165) is 10.9 Å². The van der Waals surface area contributed by atoms with E-state index in [0.29, 0.717) is 11.6 Å². The minimum atomic E-state index is -0.0617. The molecule has 0 bridgehead atoms. The van der Waals surface area contributed by atoms with Gasteiger partial charge in [-0.1, -0.05) is 19.8 Å². The third kappa shape index (κ3) is 2.64. The van der Waals surface area contributed by atoms with Crippen LogP contribution in [0.25, 0.3) is 0 Å². The molecule has 4 heteroatoms. The third-order valence-electron chi connectivity index (χ3n) is 3.29. The van der Waals surface area contributed by atoms with E-state index in [1.165, 1.54) is 25.7 Å². The fourth-order valence-corrected chi connectivity index (χ4v) is 3.31. The summed E-state index contributed by atoms with van der Waals surface area (Å²) in [4.78, 5) is 15.8. The number of hydrogen-bond acceptors (Lipinski definition) is 3. The highest BCUT2D eigenvalue weighted by Crippen LogP contribution is 2.36. The first-order valence-electron chi connectivity index (χ1n) is 5.75. The van der Waals surface area contributed by atoms with Gasteiger partial charge in [-0.3, -0.25) is 4.79 Å². The van der Waals surface area contributed by atoms with Gasteiger partial charge in [0.05, 0.1) is 10.9 Å². The second kappa shape index (κ2) is 5.28. The van der Waals surface area contributed by atoms with Crippen molar-refractivity contribution in [2.24, 2.45) is 5.92 Å². The Kier molecular flexibility index (Phi) is 3.98. The normalized spacial score (nSPS) is 25.6. The molecule has 0 unspecified atom stereocenters. The predicted octanol–water partition coefficient (Wildman–Crippen LogP) is 3.86. The summed E-state index contributed by atoms with van der Waals surface area (Å²) in [5.74, 6) is 1.39. The fraction of sp³-hybridized carbons (Fsp3) is 0.667. The number of carbonyl (C=O) groups excluding carboxylic acids is 1. The summed E-state index contributed by atoms with van der Waals surface area (Å²) in [6.07, 6.45) is 4.98. The monoisotopic (exact) mass is 257 g/mol. The number of alkyl halides is 1. The molecule has 88 valence electrons. The number of ketones is 1. The molecule has 0 radical (unpaired) electrons. The number of thiazole rings is 1. The van der Waals surface area contributed by atoms with Crippen LogP contribution in [0.2, 0.25) is 0 Å². The molecule has 1 aliphatic carbocycles.